The van der Waals surface area contributed by atoms with Crippen molar-refractivity contribution in [1.82, 2.24) is 10.2 Å². The minimum atomic E-state index is -1.21. The van der Waals surface area contributed by atoms with Gasteiger partial charge in [0.1, 0.15) is 0 Å². The molecule has 1 unspecified atom stereocenters. The molecule has 2 aromatic rings. The molecular formula is C21H24N2O5. The Balaban J connectivity index is 1.54. The standard InChI is InChI=1S/C21H24N2O5/c1-2-16(14-6-4-3-5-7-14)20(25)23-12-10-15(11-13-23)22-19(24)17-8-9-18(28-17)21(26)27/h3-9,15-16H,2,10-13H2,1H3,(H,22,24)(H,26,27). The molecule has 2 heterocycles. The van der Waals surface area contributed by atoms with Gasteiger partial charge in [-0.25, -0.2) is 4.79 Å². The molecule has 1 aromatic heterocycles. The number of hydrogen-bond acceptors (Lipinski definition) is 4. The molecule has 1 aliphatic heterocycles. The van der Waals surface area contributed by atoms with Crippen molar-refractivity contribution in [3.63, 3.8) is 0 Å². The summed E-state index contributed by atoms with van der Waals surface area (Å²) in [5.41, 5.74) is 1.03. The third-order valence-corrected chi connectivity index (χ3v) is 5.09. The van der Waals surface area contributed by atoms with E-state index < -0.39 is 11.9 Å². The molecule has 1 aliphatic rings. The fourth-order valence-electron chi connectivity index (χ4n) is 3.53. The van der Waals surface area contributed by atoms with Crippen LogP contribution >= 0.6 is 0 Å². The topological polar surface area (TPSA) is 99.9 Å². The summed E-state index contributed by atoms with van der Waals surface area (Å²) in [6.07, 6.45) is 2.04. The van der Waals surface area contributed by atoms with E-state index in [4.69, 9.17) is 9.52 Å². The highest BCUT2D eigenvalue weighted by Crippen LogP contribution is 2.24. The van der Waals surface area contributed by atoms with E-state index >= 15 is 0 Å². The number of aromatic carboxylic acids is 1. The van der Waals surface area contributed by atoms with Gasteiger partial charge in [-0.3, -0.25) is 9.59 Å². The lowest BCUT2D eigenvalue weighted by Gasteiger charge is -2.34. The van der Waals surface area contributed by atoms with Gasteiger partial charge >= 0.3 is 5.97 Å². The third-order valence-electron chi connectivity index (χ3n) is 5.09. The van der Waals surface area contributed by atoms with Gasteiger partial charge in [-0.1, -0.05) is 37.3 Å². The first-order chi connectivity index (χ1) is 13.5. The third kappa shape index (κ3) is 4.42. The highest BCUT2D eigenvalue weighted by Gasteiger charge is 2.29. The van der Waals surface area contributed by atoms with Gasteiger partial charge in [0, 0.05) is 19.1 Å². The Morgan fingerprint density at radius 2 is 1.75 bits per heavy atom. The second-order valence-electron chi connectivity index (χ2n) is 6.91. The number of nitrogens with one attached hydrogen (secondary N) is 1. The first kappa shape index (κ1) is 19.7. The molecule has 7 heteroatoms. The van der Waals surface area contributed by atoms with Gasteiger partial charge in [0.15, 0.2) is 5.76 Å². The molecule has 0 saturated carbocycles. The van der Waals surface area contributed by atoms with Gasteiger partial charge in [-0.05, 0) is 37.0 Å². The maximum Gasteiger partial charge on any atom is 0.371 e. The second-order valence-corrected chi connectivity index (χ2v) is 6.91. The number of likely N-dealkylation sites (tertiary alicyclic amines) is 1. The lowest BCUT2D eigenvalue weighted by atomic mass is 9.93. The lowest BCUT2D eigenvalue weighted by molar-refractivity contribution is -0.134. The van der Waals surface area contributed by atoms with Crippen LogP contribution in [-0.2, 0) is 4.79 Å². The van der Waals surface area contributed by atoms with Gasteiger partial charge in [0.25, 0.3) is 5.91 Å². The highest BCUT2D eigenvalue weighted by atomic mass is 16.4. The molecule has 148 valence electrons. The minimum Gasteiger partial charge on any atom is -0.475 e. The fraction of sp³-hybridized carbons (Fsp3) is 0.381. The first-order valence-corrected chi connectivity index (χ1v) is 9.47. The summed E-state index contributed by atoms with van der Waals surface area (Å²) in [5.74, 6) is -1.97. The first-order valence-electron chi connectivity index (χ1n) is 9.47. The Hall–Kier alpha value is -3.09. The van der Waals surface area contributed by atoms with E-state index in [0.29, 0.717) is 25.9 Å². The predicted octanol–water partition coefficient (Wildman–Crippen LogP) is 2.89. The zero-order valence-corrected chi connectivity index (χ0v) is 15.8. The largest absolute Gasteiger partial charge is 0.475 e. The van der Waals surface area contributed by atoms with Crippen molar-refractivity contribution < 1.29 is 23.9 Å². The van der Waals surface area contributed by atoms with Gasteiger partial charge < -0.3 is 19.7 Å². The van der Waals surface area contributed by atoms with Crippen molar-refractivity contribution in [2.75, 3.05) is 13.1 Å². The van der Waals surface area contributed by atoms with Crippen LogP contribution in [0.1, 0.15) is 58.8 Å². The summed E-state index contributed by atoms with van der Waals surface area (Å²) in [7, 11) is 0. The van der Waals surface area contributed by atoms with Crippen LogP contribution in [0.3, 0.4) is 0 Å². The summed E-state index contributed by atoms with van der Waals surface area (Å²) in [4.78, 5) is 37.8. The molecule has 1 aromatic carbocycles. The average molecular weight is 384 g/mol. The van der Waals surface area contributed by atoms with Crippen molar-refractivity contribution in [1.29, 1.82) is 0 Å². The number of benzene rings is 1. The van der Waals surface area contributed by atoms with Crippen LogP contribution in [0.2, 0.25) is 0 Å². The summed E-state index contributed by atoms with van der Waals surface area (Å²) in [6, 6.07) is 12.3. The van der Waals surface area contributed by atoms with Crippen LogP contribution in [-0.4, -0.2) is 46.9 Å². The van der Waals surface area contributed by atoms with Crippen molar-refractivity contribution >= 4 is 17.8 Å². The predicted molar refractivity (Wildman–Crippen MR) is 102 cm³/mol. The van der Waals surface area contributed by atoms with Gasteiger partial charge in [0.2, 0.25) is 11.7 Å². The fourth-order valence-corrected chi connectivity index (χ4v) is 3.53. The van der Waals surface area contributed by atoms with E-state index in [1.807, 2.05) is 42.2 Å². The molecule has 2 amide bonds. The van der Waals surface area contributed by atoms with Crippen molar-refractivity contribution in [3.8, 4) is 0 Å². The number of carboxylic acids is 1. The maximum atomic E-state index is 12.9. The van der Waals surface area contributed by atoms with Crippen LogP contribution in [0.4, 0.5) is 0 Å². The second kappa shape index (κ2) is 8.73. The van der Waals surface area contributed by atoms with Gasteiger partial charge in [0.05, 0.1) is 5.92 Å². The molecule has 28 heavy (non-hydrogen) atoms. The number of hydrogen-bond donors (Lipinski definition) is 2. The number of amides is 2. The molecule has 1 atom stereocenters. The quantitative estimate of drug-likeness (QED) is 0.798. The molecule has 2 N–H and O–H groups in total. The SMILES string of the molecule is CCC(C(=O)N1CCC(NC(=O)c2ccc(C(=O)O)o2)CC1)c1ccccc1. The number of carbonyl (C=O) groups excluding carboxylic acids is 2. The molecule has 3 rings (SSSR count). The zero-order chi connectivity index (χ0) is 20.1. The Bertz CT molecular complexity index is 837. The van der Waals surface area contributed by atoms with Gasteiger partial charge in [-0.15, -0.1) is 0 Å². The van der Waals surface area contributed by atoms with Crippen LogP contribution in [0.15, 0.2) is 46.9 Å². The van der Waals surface area contributed by atoms with Gasteiger partial charge in [-0.2, -0.15) is 0 Å². The normalized spacial score (nSPS) is 15.8. The summed E-state index contributed by atoms with van der Waals surface area (Å²) in [6.45, 7) is 3.16. The lowest BCUT2D eigenvalue weighted by Crippen LogP contribution is -2.47. The van der Waals surface area contributed by atoms with Crippen LogP contribution < -0.4 is 5.32 Å². The molecule has 1 saturated heterocycles. The summed E-state index contributed by atoms with van der Waals surface area (Å²) < 4.78 is 5.03. The molecule has 1 fully saturated rings. The molecule has 0 aliphatic carbocycles. The average Bonchev–Trinajstić information content (AvgIpc) is 3.21. The molecule has 0 radical (unpaired) electrons. The smallest absolute Gasteiger partial charge is 0.371 e. The Morgan fingerprint density at radius 3 is 2.32 bits per heavy atom. The molecule has 0 spiro atoms. The number of nitrogens with zero attached hydrogens (tertiary/aromatic N) is 1. The number of furan rings is 1. The maximum absolute atomic E-state index is 12.9. The van der Waals surface area contributed by atoms with Crippen molar-refractivity contribution in [2.45, 2.75) is 38.1 Å². The van der Waals surface area contributed by atoms with E-state index in [9.17, 15) is 14.4 Å². The number of carboxylic acid groups (broad SMARTS) is 1. The van der Waals surface area contributed by atoms with Crippen LogP contribution in [0.5, 0.6) is 0 Å². The monoisotopic (exact) mass is 384 g/mol. The Labute approximate surface area is 163 Å². The molecular weight excluding hydrogens is 360 g/mol. The minimum absolute atomic E-state index is 0.0222. The summed E-state index contributed by atoms with van der Waals surface area (Å²) in [5, 5.41) is 11.7. The molecule has 7 nitrogen and oxygen atoms in total. The highest BCUT2D eigenvalue weighted by molar-refractivity contribution is 5.93. The number of carbonyl (C=O) groups is 3. The number of piperidine rings is 1. The number of rotatable bonds is 6. The van der Waals surface area contributed by atoms with E-state index in [0.717, 1.165) is 12.0 Å². The Morgan fingerprint density at radius 1 is 1.11 bits per heavy atom. The summed E-state index contributed by atoms with van der Waals surface area (Å²) >= 11 is 0. The van der Waals surface area contributed by atoms with E-state index in [1.165, 1.54) is 12.1 Å². The van der Waals surface area contributed by atoms with E-state index in [1.54, 1.807) is 0 Å². The molecule has 0 bridgehead atoms. The van der Waals surface area contributed by atoms with Crippen LogP contribution in [0.25, 0.3) is 0 Å². The van der Waals surface area contributed by atoms with Crippen molar-refractivity contribution in [3.05, 3.63) is 59.5 Å². The zero-order valence-electron chi connectivity index (χ0n) is 15.8. The Kier molecular flexibility index (Phi) is 6.13. The van der Waals surface area contributed by atoms with E-state index in [2.05, 4.69) is 5.32 Å². The van der Waals surface area contributed by atoms with Crippen molar-refractivity contribution in [2.24, 2.45) is 0 Å². The van der Waals surface area contributed by atoms with Crippen LogP contribution in [0, 0.1) is 0 Å². The van der Waals surface area contributed by atoms with E-state index in [-0.39, 0.29) is 29.4 Å².